The van der Waals surface area contributed by atoms with Gasteiger partial charge in [-0.3, -0.25) is 14.5 Å². The molecule has 4 rings (SSSR count). The maximum absolute atomic E-state index is 12.5. The lowest BCUT2D eigenvalue weighted by atomic mass is 10.0. The molecular formula is C25H31N3O2. The van der Waals surface area contributed by atoms with E-state index in [2.05, 4.69) is 41.4 Å². The predicted octanol–water partition coefficient (Wildman–Crippen LogP) is 3.68. The van der Waals surface area contributed by atoms with Crippen molar-refractivity contribution in [1.82, 2.24) is 15.1 Å². The Morgan fingerprint density at radius 1 is 0.933 bits per heavy atom. The molecular weight excluding hydrogens is 374 g/mol. The van der Waals surface area contributed by atoms with E-state index in [1.54, 1.807) is 0 Å². The van der Waals surface area contributed by atoms with Crippen LogP contribution >= 0.6 is 0 Å². The Labute approximate surface area is 179 Å². The SMILES string of the molecule is Cc1ccc(C2CCCN2CC(=O)NCc2ccc(C(=O)N3CCCC3)cc2)cc1. The van der Waals surface area contributed by atoms with Crippen molar-refractivity contribution >= 4 is 11.8 Å². The molecule has 5 nitrogen and oxygen atoms in total. The molecule has 158 valence electrons. The summed E-state index contributed by atoms with van der Waals surface area (Å²) in [5.74, 6) is 0.158. The molecule has 0 aromatic heterocycles. The number of nitrogens with one attached hydrogen (secondary N) is 1. The number of amides is 2. The summed E-state index contributed by atoms with van der Waals surface area (Å²) >= 11 is 0. The summed E-state index contributed by atoms with van der Waals surface area (Å²) < 4.78 is 0. The molecule has 0 saturated carbocycles. The van der Waals surface area contributed by atoms with Gasteiger partial charge in [0.2, 0.25) is 5.91 Å². The average molecular weight is 406 g/mol. The van der Waals surface area contributed by atoms with Gasteiger partial charge in [-0.25, -0.2) is 0 Å². The number of rotatable bonds is 6. The van der Waals surface area contributed by atoms with Crippen molar-refractivity contribution in [3.8, 4) is 0 Å². The van der Waals surface area contributed by atoms with Crippen LogP contribution in [0.1, 0.15) is 58.8 Å². The number of nitrogens with zero attached hydrogens (tertiary/aromatic N) is 2. The highest BCUT2D eigenvalue weighted by Crippen LogP contribution is 2.31. The van der Waals surface area contributed by atoms with Crippen LogP contribution in [0.4, 0.5) is 0 Å². The molecule has 1 atom stereocenters. The largest absolute Gasteiger partial charge is 0.351 e. The number of carbonyl (C=O) groups is 2. The van der Waals surface area contributed by atoms with Gasteiger partial charge in [-0.1, -0.05) is 42.0 Å². The van der Waals surface area contributed by atoms with Crippen LogP contribution in [-0.4, -0.2) is 47.8 Å². The minimum absolute atomic E-state index is 0.0474. The quantitative estimate of drug-likeness (QED) is 0.798. The maximum Gasteiger partial charge on any atom is 0.253 e. The van der Waals surface area contributed by atoms with E-state index in [1.807, 2.05) is 29.2 Å². The lowest BCUT2D eigenvalue weighted by Crippen LogP contribution is -2.36. The van der Waals surface area contributed by atoms with E-state index in [9.17, 15) is 9.59 Å². The fourth-order valence-electron chi connectivity index (χ4n) is 4.49. The van der Waals surface area contributed by atoms with Gasteiger partial charge in [0, 0.05) is 31.2 Å². The average Bonchev–Trinajstić information content (AvgIpc) is 3.45. The molecule has 1 unspecified atom stereocenters. The molecule has 1 N–H and O–H groups in total. The van der Waals surface area contributed by atoms with Gasteiger partial charge in [0.05, 0.1) is 6.54 Å². The zero-order valence-corrected chi connectivity index (χ0v) is 17.8. The van der Waals surface area contributed by atoms with Gasteiger partial charge in [0.15, 0.2) is 0 Å². The van der Waals surface area contributed by atoms with Crippen LogP contribution in [0.5, 0.6) is 0 Å². The number of aryl methyl sites for hydroxylation is 1. The molecule has 30 heavy (non-hydrogen) atoms. The van der Waals surface area contributed by atoms with E-state index in [-0.39, 0.29) is 11.8 Å². The van der Waals surface area contributed by atoms with E-state index >= 15 is 0 Å². The molecule has 2 saturated heterocycles. The van der Waals surface area contributed by atoms with Crippen LogP contribution in [0.3, 0.4) is 0 Å². The first-order valence-electron chi connectivity index (χ1n) is 11.1. The molecule has 2 heterocycles. The monoisotopic (exact) mass is 405 g/mol. The number of hydrogen-bond acceptors (Lipinski definition) is 3. The molecule has 2 fully saturated rings. The van der Waals surface area contributed by atoms with Crippen molar-refractivity contribution in [2.45, 2.75) is 45.2 Å². The summed E-state index contributed by atoms with van der Waals surface area (Å²) in [6, 6.07) is 16.6. The van der Waals surface area contributed by atoms with Gasteiger partial charge >= 0.3 is 0 Å². The third kappa shape index (κ3) is 4.90. The van der Waals surface area contributed by atoms with Gasteiger partial charge < -0.3 is 10.2 Å². The second kappa shape index (κ2) is 9.43. The summed E-state index contributed by atoms with van der Waals surface area (Å²) in [6.45, 7) is 5.68. The topological polar surface area (TPSA) is 52.7 Å². The molecule has 2 aromatic carbocycles. The van der Waals surface area contributed by atoms with Gasteiger partial charge in [0.1, 0.15) is 0 Å². The second-order valence-electron chi connectivity index (χ2n) is 8.51. The first-order chi connectivity index (χ1) is 14.6. The number of carbonyl (C=O) groups excluding carboxylic acids is 2. The van der Waals surface area contributed by atoms with E-state index in [4.69, 9.17) is 0 Å². The Balaban J connectivity index is 1.28. The predicted molar refractivity (Wildman–Crippen MR) is 118 cm³/mol. The smallest absolute Gasteiger partial charge is 0.253 e. The minimum atomic E-state index is 0.0474. The maximum atomic E-state index is 12.5. The molecule has 0 bridgehead atoms. The van der Waals surface area contributed by atoms with Crippen LogP contribution in [0.2, 0.25) is 0 Å². The van der Waals surface area contributed by atoms with Gasteiger partial charge in [-0.2, -0.15) is 0 Å². The summed E-state index contributed by atoms with van der Waals surface area (Å²) in [6.07, 6.45) is 4.41. The molecule has 0 aliphatic carbocycles. The van der Waals surface area contributed by atoms with Crippen molar-refractivity contribution in [1.29, 1.82) is 0 Å². The Hall–Kier alpha value is -2.66. The lowest BCUT2D eigenvalue weighted by Gasteiger charge is -2.24. The standard InChI is InChI=1S/C25H31N3O2/c1-19-6-10-21(11-7-19)23-5-4-16-28(23)18-24(29)26-17-20-8-12-22(13-9-20)25(30)27-14-2-3-15-27/h6-13,23H,2-5,14-18H2,1H3,(H,26,29). The lowest BCUT2D eigenvalue weighted by molar-refractivity contribution is -0.122. The van der Waals surface area contributed by atoms with Gasteiger partial charge in [0.25, 0.3) is 5.91 Å². The van der Waals surface area contributed by atoms with E-state index in [0.29, 0.717) is 19.1 Å². The van der Waals surface area contributed by atoms with Crippen molar-refractivity contribution < 1.29 is 9.59 Å². The van der Waals surface area contributed by atoms with Crippen LogP contribution in [0, 0.1) is 6.92 Å². The molecule has 0 radical (unpaired) electrons. The number of hydrogen-bond donors (Lipinski definition) is 1. The van der Waals surface area contributed by atoms with Gasteiger partial charge in [-0.15, -0.1) is 0 Å². The Morgan fingerprint density at radius 2 is 1.63 bits per heavy atom. The van der Waals surface area contributed by atoms with Crippen molar-refractivity contribution in [3.63, 3.8) is 0 Å². The Kier molecular flexibility index (Phi) is 6.48. The summed E-state index contributed by atoms with van der Waals surface area (Å²) in [5.41, 5.74) is 4.29. The van der Waals surface area contributed by atoms with Crippen molar-refractivity contribution in [2.24, 2.45) is 0 Å². The zero-order valence-electron chi connectivity index (χ0n) is 17.8. The summed E-state index contributed by atoms with van der Waals surface area (Å²) in [7, 11) is 0. The first kappa shape index (κ1) is 20.6. The third-order valence-electron chi connectivity index (χ3n) is 6.26. The van der Waals surface area contributed by atoms with Crippen LogP contribution in [0.15, 0.2) is 48.5 Å². The number of likely N-dealkylation sites (tertiary alicyclic amines) is 2. The normalized spacial score (nSPS) is 19.2. The van der Waals surface area contributed by atoms with E-state index < -0.39 is 0 Å². The van der Waals surface area contributed by atoms with Crippen LogP contribution < -0.4 is 5.32 Å². The Morgan fingerprint density at radius 3 is 2.33 bits per heavy atom. The third-order valence-corrected chi connectivity index (χ3v) is 6.26. The van der Waals surface area contributed by atoms with Gasteiger partial charge in [-0.05, 0) is 62.4 Å². The summed E-state index contributed by atoms with van der Waals surface area (Å²) in [4.78, 5) is 29.2. The fourth-order valence-corrected chi connectivity index (χ4v) is 4.49. The Bertz CT molecular complexity index is 870. The van der Waals surface area contributed by atoms with Crippen LogP contribution in [-0.2, 0) is 11.3 Å². The van der Waals surface area contributed by atoms with E-state index in [0.717, 1.165) is 56.4 Å². The fraction of sp³-hybridized carbons (Fsp3) is 0.440. The molecule has 2 amide bonds. The molecule has 0 spiro atoms. The second-order valence-corrected chi connectivity index (χ2v) is 8.51. The van der Waals surface area contributed by atoms with E-state index in [1.165, 1.54) is 11.1 Å². The van der Waals surface area contributed by atoms with Crippen molar-refractivity contribution in [3.05, 3.63) is 70.8 Å². The minimum Gasteiger partial charge on any atom is -0.351 e. The molecule has 2 aliphatic rings. The summed E-state index contributed by atoms with van der Waals surface area (Å²) in [5, 5.41) is 3.03. The molecule has 5 heteroatoms. The van der Waals surface area contributed by atoms with Crippen LogP contribution in [0.25, 0.3) is 0 Å². The highest BCUT2D eigenvalue weighted by Gasteiger charge is 2.27. The molecule has 2 aliphatic heterocycles. The highest BCUT2D eigenvalue weighted by atomic mass is 16.2. The number of benzene rings is 2. The zero-order chi connectivity index (χ0) is 20.9. The molecule has 2 aromatic rings. The van der Waals surface area contributed by atoms with Crippen molar-refractivity contribution in [2.75, 3.05) is 26.2 Å². The first-order valence-corrected chi connectivity index (χ1v) is 11.1. The highest BCUT2D eigenvalue weighted by molar-refractivity contribution is 5.94.